The average Bonchev–Trinajstić information content (AvgIpc) is 3.29. The van der Waals surface area contributed by atoms with Crippen LogP contribution in [0.25, 0.3) is 21.7 Å². The van der Waals surface area contributed by atoms with Crippen molar-refractivity contribution in [3.8, 4) is 17.1 Å². The molecule has 3 aromatic carbocycles. The molecule has 0 aliphatic heterocycles. The second-order valence-corrected chi connectivity index (χ2v) is 11.6. The van der Waals surface area contributed by atoms with Gasteiger partial charge in [0.15, 0.2) is 20.5 Å². The number of rotatable bonds is 9. The van der Waals surface area contributed by atoms with Crippen molar-refractivity contribution < 1.29 is 9.53 Å². The maximum Gasteiger partial charge on any atom is 0.278 e. The fourth-order valence-corrected chi connectivity index (χ4v) is 6.40. The van der Waals surface area contributed by atoms with Gasteiger partial charge in [-0.25, -0.2) is 4.98 Å². The number of ketones is 1. The summed E-state index contributed by atoms with van der Waals surface area (Å²) in [5.41, 5.74) is 3.43. The Hall–Kier alpha value is -3.24. The van der Waals surface area contributed by atoms with E-state index in [1.807, 2.05) is 60.0 Å². The van der Waals surface area contributed by atoms with Gasteiger partial charge in [0.1, 0.15) is 10.4 Å². The first-order chi connectivity index (χ1) is 18.9. The highest BCUT2D eigenvalue weighted by atomic mass is 35.5. The summed E-state index contributed by atoms with van der Waals surface area (Å²) in [6.07, 6.45) is 0.920. The van der Waals surface area contributed by atoms with Crippen LogP contribution in [0, 0.1) is 3.95 Å². The van der Waals surface area contributed by atoms with Gasteiger partial charge in [-0.2, -0.15) is 0 Å². The molecule has 0 unspecified atom stereocenters. The van der Waals surface area contributed by atoms with Crippen LogP contribution in [0.2, 0.25) is 5.02 Å². The van der Waals surface area contributed by atoms with Crippen LogP contribution in [-0.4, -0.2) is 32.3 Å². The highest BCUT2D eigenvalue weighted by Gasteiger charge is 2.20. The summed E-state index contributed by atoms with van der Waals surface area (Å²) in [6.45, 7) is 4.55. The molecule has 10 heteroatoms. The molecule has 0 radical (unpaired) electrons. The van der Waals surface area contributed by atoms with Gasteiger partial charge in [0.2, 0.25) is 0 Å². The van der Waals surface area contributed by atoms with Gasteiger partial charge >= 0.3 is 0 Å². The Morgan fingerprint density at radius 2 is 1.62 bits per heavy atom. The van der Waals surface area contributed by atoms with Crippen molar-refractivity contribution in [2.75, 3.05) is 12.4 Å². The molecule has 0 amide bonds. The second-order valence-electron chi connectivity index (χ2n) is 8.56. The molecule has 0 spiro atoms. The van der Waals surface area contributed by atoms with Crippen molar-refractivity contribution in [1.82, 2.24) is 14.1 Å². The zero-order valence-electron chi connectivity index (χ0n) is 21.2. The Labute approximate surface area is 243 Å². The molecular formula is C29H24ClN3O3S3. The number of carbonyl (C=O) groups excluding carboxylic acids is 1. The van der Waals surface area contributed by atoms with Gasteiger partial charge < -0.3 is 4.74 Å². The number of thioether (sulfide) groups is 1. The van der Waals surface area contributed by atoms with Gasteiger partial charge in [-0.15, -0.1) is 0 Å². The third-order valence-corrected chi connectivity index (χ3v) is 8.63. The summed E-state index contributed by atoms with van der Waals surface area (Å²) < 4.78 is 9.90. The van der Waals surface area contributed by atoms with Crippen LogP contribution in [0.15, 0.2) is 82.7 Å². The topological polar surface area (TPSA) is 66.1 Å². The first-order valence-electron chi connectivity index (χ1n) is 12.3. The Morgan fingerprint density at radius 3 is 2.26 bits per heavy atom. The number of fused-ring (bicyclic) bond motifs is 1. The highest BCUT2D eigenvalue weighted by molar-refractivity contribution is 7.99. The minimum absolute atomic E-state index is 0.0900. The van der Waals surface area contributed by atoms with Crippen molar-refractivity contribution in [3.63, 3.8) is 0 Å². The van der Waals surface area contributed by atoms with Crippen LogP contribution in [-0.2, 0) is 6.42 Å². The third kappa shape index (κ3) is 5.72. The second kappa shape index (κ2) is 11.9. The number of carbonyl (C=O) groups is 1. The standard InChI is InChI=1S/C29H24ClN3O3S3/c1-3-18-5-11-21(12-6-18)32-26-25(39-29(32)37)27(35)33(22-13-15-23(16-14-22)36-4-2)28(31-26)38-17-24(34)19-7-9-20(30)10-8-19/h5-16H,3-4,17H2,1-2H3. The first kappa shape index (κ1) is 27.3. The number of halogens is 1. The summed E-state index contributed by atoms with van der Waals surface area (Å²) in [4.78, 5) is 31.8. The Morgan fingerprint density at radius 1 is 0.974 bits per heavy atom. The van der Waals surface area contributed by atoms with Crippen LogP contribution >= 0.6 is 46.9 Å². The van der Waals surface area contributed by atoms with Crippen molar-refractivity contribution in [3.05, 3.63) is 103 Å². The number of aryl methyl sites for hydroxylation is 1. The molecule has 5 aromatic rings. The van der Waals surface area contributed by atoms with Crippen molar-refractivity contribution in [2.24, 2.45) is 0 Å². The smallest absolute Gasteiger partial charge is 0.278 e. The van der Waals surface area contributed by atoms with Gasteiger partial charge in [0.25, 0.3) is 5.56 Å². The van der Waals surface area contributed by atoms with E-state index in [1.54, 1.807) is 24.3 Å². The largest absolute Gasteiger partial charge is 0.494 e. The predicted molar refractivity (Wildman–Crippen MR) is 162 cm³/mol. The number of ether oxygens (including phenoxy) is 1. The maximum absolute atomic E-state index is 13.9. The molecular weight excluding hydrogens is 570 g/mol. The zero-order chi connectivity index (χ0) is 27.5. The van der Waals surface area contributed by atoms with E-state index >= 15 is 0 Å². The number of hydrogen-bond donors (Lipinski definition) is 0. The number of Topliss-reactive ketones (excluding diaryl/α,β-unsaturated/α-hetero) is 1. The molecule has 2 aromatic heterocycles. The molecule has 0 aliphatic rings. The molecule has 2 heterocycles. The highest BCUT2D eigenvalue weighted by Crippen LogP contribution is 2.29. The lowest BCUT2D eigenvalue weighted by Gasteiger charge is -2.13. The molecule has 39 heavy (non-hydrogen) atoms. The van der Waals surface area contributed by atoms with Crippen LogP contribution in [0.4, 0.5) is 0 Å². The monoisotopic (exact) mass is 593 g/mol. The summed E-state index contributed by atoms with van der Waals surface area (Å²) in [5, 5.41) is 0.954. The van der Waals surface area contributed by atoms with Crippen LogP contribution in [0.3, 0.4) is 0 Å². The summed E-state index contributed by atoms with van der Waals surface area (Å²) >= 11 is 14.1. The number of benzene rings is 3. The SMILES string of the molecule is CCOc1ccc(-n2c(SCC(=O)c3ccc(Cl)cc3)nc3c(sc(=S)n3-c3ccc(CC)cc3)c2=O)cc1. The van der Waals surface area contributed by atoms with E-state index in [4.69, 9.17) is 33.5 Å². The molecule has 0 saturated carbocycles. The van der Waals surface area contributed by atoms with Crippen molar-refractivity contribution in [1.29, 1.82) is 0 Å². The Bertz CT molecular complexity index is 1760. The summed E-state index contributed by atoms with van der Waals surface area (Å²) in [5.74, 6) is 0.696. The third-order valence-electron chi connectivity index (χ3n) is 6.08. The summed E-state index contributed by atoms with van der Waals surface area (Å²) in [7, 11) is 0. The molecule has 0 N–H and O–H groups in total. The number of hydrogen-bond acceptors (Lipinski definition) is 7. The number of aromatic nitrogens is 3. The van der Waals surface area contributed by atoms with Crippen LogP contribution < -0.4 is 10.3 Å². The fraction of sp³-hybridized carbons (Fsp3) is 0.172. The van der Waals surface area contributed by atoms with E-state index in [0.717, 1.165) is 12.1 Å². The van der Waals surface area contributed by atoms with Gasteiger partial charge in [-0.1, -0.05) is 53.8 Å². The zero-order valence-corrected chi connectivity index (χ0v) is 24.4. The minimum Gasteiger partial charge on any atom is -0.494 e. The lowest BCUT2D eigenvalue weighted by Crippen LogP contribution is -2.22. The fourth-order valence-electron chi connectivity index (χ4n) is 4.08. The summed E-state index contributed by atoms with van der Waals surface area (Å²) in [6, 6.07) is 22.0. The normalized spacial score (nSPS) is 11.2. The van der Waals surface area contributed by atoms with Gasteiger partial charge in [-0.3, -0.25) is 18.7 Å². The van der Waals surface area contributed by atoms with E-state index < -0.39 is 0 Å². The lowest BCUT2D eigenvalue weighted by atomic mass is 10.1. The molecule has 6 nitrogen and oxygen atoms in total. The molecule has 0 fully saturated rings. The molecule has 0 aliphatic carbocycles. The van der Waals surface area contributed by atoms with E-state index in [1.165, 1.54) is 33.2 Å². The minimum atomic E-state index is -0.245. The molecule has 0 saturated heterocycles. The maximum atomic E-state index is 13.9. The quantitative estimate of drug-likeness (QED) is 0.0760. The molecule has 0 atom stereocenters. The molecule has 5 rings (SSSR count). The van der Waals surface area contributed by atoms with Crippen molar-refractivity contribution in [2.45, 2.75) is 25.4 Å². The van der Waals surface area contributed by atoms with E-state index in [0.29, 0.717) is 48.1 Å². The van der Waals surface area contributed by atoms with E-state index in [9.17, 15) is 9.59 Å². The van der Waals surface area contributed by atoms with Crippen LogP contribution in [0.1, 0.15) is 29.8 Å². The van der Waals surface area contributed by atoms with E-state index in [-0.39, 0.29) is 17.1 Å². The lowest BCUT2D eigenvalue weighted by molar-refractivity contribution is 0.102. The van der Waals surface area contributed by atoms with Gasteiger partial charge in [0, 0.05) is 16.3 Å². The van der Waals surface area contributed by atoms with Gasteiger partial charge in [0.05, 0.1) is 18.0 Å². The van der Waals surface area contributed by atoms with Crippen molar-refractivity contribution >= 4 is 63.0 Å². The van der Waals surface area contributed by atoms with E-state index in [2.05, 4.69) is 6.92 Å². The molecule has 198 valence electrons. The van der Waals surface area contributed by atoms with Gasteiger partial charge in [-0.05, 0) is 91.8 Å². The number of thiazole rings is 1. The Kier molecular flexibility index (Phi) is 8.32. The van der Waals surface area contributed by atoms with Crippen LogP contribution in [0.5, 0.6) is 5.75 Å². The average molecular weight is 594 g/mol. The Balaban J connectivity index is 1.63. The number of nitrogens with zero attached hydrogens (tertiary/aromatic N) is 3. The first-order valence-corrected chi connectivity index (χ1v) is 14.9. The predicted octanol–water partition coefficient (Wildman–Crippen LogP) is 7.56. The molecule has 0 bridgehead atoms.